The molecule has 1 aromatic rings. The highest BCUT2D eigenvalue weighted by atomic mass is 35.5. The third-order valence-corrected chi connectivity index (χ3v) is 3.26. The molecule has 0 aliphatic carbocycles. The number of phenols is 1. The highest BCUT2D eigenvalue weighted by Crippen LogP contribution is 2.26. The van der Waals surface area contributed by atoms with Crippen LogP contribution < -0.4 is 11.1 Å². The van der Waals surface area contributed by atoms with Crippen molar-refractivity contribution in [1.29, 1.82) is 0 Å². The number of benzene rings is 1. The average Bonchev–Trinajstić information content (AvgIpc) is 2.33. The van der Waals surface area contributed by atoms with Gasteiger partial charge in [-0.2, -0.15) is 0 Å². The van der Waals surface area contributed by atoms with E-state index in [0.717, 1.165) is 19.3 Å². The van der Waals surface area contributed by atoms with E-state index in [2.05, 4.69) is 5.32 Å². The van der Waals surface area contributed by atoms with Crippen LogP contribution in [0, 0.1) is 5.92 Å². The van der Waals surface area contributed by atoms with Crippen LogP contribution in [0.4, 0.5) is 5.69 Å². The Morgan fingerprint density at radius 1 is 1.42 bits per heavy atom. The van der Waals surface area contributed by atoms with Crippen LogP contribution in [-0.2, 0) is 4.79 Å². The van der Waals surface area contributed by atoms with Crippen LogP contribution in [0.25, 0.3) is 0 Å². The lowest BCUT2D eigenvalue weighted by Crippen LogP contribution is -2.21. The molecule has 1 amide bonds. The summed E-state index contributed by atoms with van der Waals surface area (Å²) in [5.41, 5.74) is 6.26. The Hall–Kier alpha value is -1.26. The van der Waals surface area contributed by atoms with E-state index in [4.69, 9.17) is 17.3 Å². The summed E-state index contributed by atoms with van der Waals surface area (Å²) in [5, 5.41) is 12.3. The Morgan fingerprint density at radius 2 is 2.11 bits per heavy atom. The molecule has 4 nitrogen and oxygen atoms in total. The van der Waals surface area contributed by atoms with Crippen molar-refractivity contribution >= 4 is 23.2 Å². The molecule has 0 fully saturated rings. The normalized spacial score (nSPS) is 13.9. The minimum atomic E-state index is -0.0775. The highest BCUT2D eigenvalue weighted by molar-refractivity contribution is 6.32. The predicted molar refractivity (Wildman–Crippen MR) is 78.4 cm³/mol. The predicted octanol–water partition coefficient (Wildman–Crippen LogP) is 3.14. The van der Waals surface area contributed by atoms with E-state index in [0.29, 0.717) is 5.69 Å². The standard InChI is InChI=1S/C14H21ClN2O2/c1-9(4-3-5-10(2)16)14(19)17-11-6-7-13(18)12(15)8-11/h6-10,18H,3-5,16H2,1-2H3,(H,17,19). The van der Waals surface area contributed by atoms with Crippen LogP contribution in [0.1, 0.15) is 33.1 Å². The van der Waals surface area contributed by atoms with Gasteiger partial charge in [0.05, 0.1) is 5.02 Å². The quantitative estimate of drug-likeness (QED) is 0.703. The second-order valence-electron chi connectivity index (χ2n) is 4.96. The fourth-order valence-electron chi connectivity index (χ4n) is 1.73. The van der Waals surface area contributed by atoms with Crippen LogP contribution in [0.2, 0.25) is 5.02 Å². The number of nitrogens with two attached hydrogens (primary N) is 1. The number of carbonyl (C=O) groups excluding carboxylic acids is 1. The monoisotopic (exact) mass is 284 g/mol. The maximum absolute atomic E-state index is 11.9. The summed E-state index contributed by atoms with van der Waals surface area (Å²) in [5.74, 6) is -0.123. The number of hydrogen-bond acceptors (Lipinski definition) is 3. The number of amides is 1. The summed E-state index contributed by atoms with van der Waals surface area (Å²) in [6, 6.07) is 4.78. The first kappa shape index (κ1) is 15.8. The average molecular weight is 285 g/mol. The number of carbonyl (C=O) groups is 1. The molecule has 0 heterocycles. The Labute approximate surface area is 118 Å². The van der Waals surface area contributed by atoms with Gasteiger partial charge in [0.1, 0.15) is 5.75 Å². The molecule has 0 spiro atoms. The number of aromatic hydroxyl groups is 1. The van der Waals surface area contributed by atoms with Crippen molar-refractivity contribution in [3.63, 3.8) is 0 Å². The summed E-state index contributed by atoms with van der Waals surface area (Å²) in [4.78, 5) is 11.9. The van der Waals surface area contributed by atoms with Gasteiger partial charge in [-0.3, -0.25) is 4.79 Å². The van der Waals surface area contributed by atoms with Crippen LogP contribution in [0.5, 0.6) is 5.75 Å². The number of hydrogen-bond donors (Lipinski definition) is 3. The number of halogens is 1. The summed E-state index contributed by atoms with van der Waals surface area (Å²) < 4.78 is 0. The smallest absolute Gasteiger partial charge is 0.227 e. The minimum absolute atomic E-state index is 0.00430. The maximum atomic E-state index is 11.9. The van der Waals surface area contributed by atoms with Crippen molar-refractivity contribution in [1.82, 2.24) is 0 Å². The lowest BCUT2D eigenvalue weighted by atomic mass is 10.0. The molecule has 0 aliphatic heterocycles. The van der Waals surface area contributed by atoms with E-state index in [9.17, 15) is 9.90 Å². The molecule has 4 N–H and O–H groups in total. The third-order valence-electron chi connectivity index (χ3n) is 2.96. The van der Waals surface area contributed by atoms with Gasteiger partial charge in [0.2, 0.25) is 5.91 Å². The molecule has 1 aromatic carbocycles. The zero-order chi connectivity index (χ0) is 14.4. The van der Waals surface area contributed by atoms with E-state index in [-0.39, 0.29) is 28.6 Å². The number of phenolic OH excluding ortho intramolecular Hbond substituents is 1. The molecular formula is C14H21ClN2O2. The van der Waals surface area contributed by atoms with E-state index in [1.165, 1.54) is 12.1 Å². The van der Waals surface area contributed by atoms with Crippen LogP contribution in [0.3, 0.4) is 0 Å². The summed E-state index contributed by atoms with van der Waals surface area (Å²) in [6.07, 6.45) is 2.66. The van der Waals surface area contributed by atoms with Crippen LogP contribution >= 0.6 is 11.6 Å². The van der Waals surface area contributed by atoms with Gasteiger partial charge in [-0.25, -0.2) is 0 Å². The lowest BCUT2D eigenvalue weighted by Gasteiger charge is -2.13. The molecule has 1 rings (SSSR count). The number of anilines is 1. The van der Waals surface area contributed by atoms with Crippen LogP contribution in [-0.4, -0.2) is 17.1 Å². The van der Waals surface area contributed by atoms with E-state index >= 15 is 0 Å². The Morgan fingerprint density at radius 3 is 2.68 bits per heavy atom. The molecule has 106 valence electrons. The summed E-state index contributed by atoms with van der Waals surface area (Å²) >= 11 is 5.78. The van der Waals surface area contributed by atoms with Gasteiger partial charge in [0.25, 0.3) is 0 Å². The van der Waals surface area contributed by atoms with Gasteiger partial charge in [-0.1, -0.05) is 24.9 Å². The second-order valence-corrected chi connectivity index (χ2v) is 5.37. The minimum Gasteiger partial charge on any atom is -0.506 e. The molecule has 0 radical (unpaired) electrons. The van der Waals surface area contributed by atoms with E-state index in [1.807, 2.05) is 13.8 Å². The number of nitrogens with one attached hydrogen (secondary N) is 1. The van der Waals surface area contributed by atoms with Gasteiger partial charge >= 0.3 is 0 Å². The third kappa shape index (κ3) is 5.49. The number of rotatable bonds is 6. The summed E-state index contributed by atoms with van der Waals surface area (Å²) in [7, 11) is 0. The van der Waals surface area contributed by atoms with Crippen molar-refractivity contribution in [2.45, 2.75) is 39.2 Å². The van der Waals surface area contributed by atoms with Gasteiger partial charge in [0.15, 0.2) is 0 Å². The molecule has 0 bridgehead atoms. The first-order chi connectivity index (χ1) is 8.90. The van der Waals surface area contributed by atoms with Crippen molar-refractivity contribution in [3.05, 3.63) is 23.2 Å². The zero-order valence-electron chi connectivity index (χ0n) is 11.3. The molecule has 0 aliphatic rings. The van der Waals surface area contributed by atoms with Gasteiger partial charge in [-0.15, -0.1) is 0 Å². The molecule has 19 heavy (non-hydrogen) atoms. The van der Waals surface area contributed by atoms with Gasteiger partial charge < -0.3 is 16.2 Å². The highest BCUT2D eigenvalue weighted by Gasteiger charge is 2.13. The van der Waals surface area contributed by atoms with Crippen molar-refractivity contribution in [2.75, 3.05) is 5.32 Å². The van der Waals surface area contributed by atoms with Crippen molar-refractivity contribution in [3.8, 4) is 5.75 Å². The molecule has 0 saturated heterocycles. The Kier molecular flexibility index (Phi) is 6.12. The molecular weight excluding hydrogens is 264 g/mol. The molecule has 2 atom stereocenters. The van der Waals surface area contributed by atoms with E-state index in [1.54, 1.807) is 6.07 Å². The lowest BCUT2D eigenvalue weighted by molar-refractivity contribution is -0.119. The van der Waals surface area contributed by atoms with Crippen molar-refractivity contribution < 1.29 is 9.90 Å². The van der Waals surface area contributed by atoms with E-state index < -0.39 is 0 Å². The Bertz CT molecular complexity index is 435. The summed E-state index contributed by atoms with van der Waals surface area (Å²) in [6.45, 7) is 3.85. The largest absolute Gasteiger partial charge is 0.506 e. The first-order valence-corrected chi connectivity index (χ1v) is 6.83. The fraction of sp³-hybridized carbons (Fsp3) is 0.500. The molecule has 0 saturated carbocycles. The van der Waals surface area contributed by atoms with Gasteiger partial charge in [-0.05, 0) is 38.0 Å². The fourth-order valence-corrected chi connectivity index (χ4v) is 1.91. The topological polar surface area (TPSA) is 75.4 Å². The maximum Gasteiger partial charge on any atom is 0.227 e. The van der Waals surface area contributed by atoms with Gasteiger partial charge in [0, 0.05) is 17.6 Å². The van der Waals surface area contributed by atoms with Crippen LogP contribution in [0.15, 0.2) is 18.2 Å². The van der Waals surface area contributed by atoms with Crippen molar-refractivity contribution in [2.24, 2.45) is 11.7 Å². The zero-order valence-corrected chi connectivity index (χ0v) is 12.1. The molecule has 2 unspecified atom stereocenters. The first-order valence-electron chi connectivity index (χ1n) is 6.45. The Balaban J connectivity index is 2.47. The molecule has 0 aromatic heterocycles. The SMILES string of the molecule is CC(N)CCCC(C)C(=O)Nc1ccc(O)c(Cl)c1. The second kappa shape index (κ2) is 7.36. The molecule has 5 heteroatoms.